The molecule has 1 heterocycles. The van der Waals surface area contributed by atoms with Gasteiger partial charge in [-0.2, -0.15) is 5.10 Å². The van der Waals surface area contributed by atoms with Crippen LogP contribution in [0.25, 0.3) is 0 Å². The van der Waals surface area contributed by atoms with Crippen LogP contribution in [0, 0.1) is 11.8 Å². The van der Waals surface area contributed by atoms with E-state index in [1.807, 2.05) is 0 Å². The summed E-state index contributed by atoms with van der Waals surface area (Å²) in [6, 6.07) is 0. The largest absolute Gasteiger partial charge is 0.382 e. The first-order valence-corrected chi connectivity index (χ1v) is 7.24. The number of hydrogen-bond acceptors (Lipinski definition) is 3. The van der Waals surface area contributed by atoms with Crippen LogP contribution in [0.4, 0.5) is 5.69 Å². The first kappa shape index (κ1) is 15.2. The summed E-state index contributed by atoms with van der Waals surface area (Å²) in [7, 11) is 0. The number of nitrogens with one attached hydrogen (secondary N) is 1. The van der Waals surface area contributed by atoms with Crippen molar-refractivity contribution >= 4 is 21.6 Å². The average Bonchev–Trinajstić information content (AvgIpc) is 2.33. The van der Waals surface area contributed by atoms with Crippen LogP contribution in [-0.2, 0) is 6.54 Å². The van der Waals surface area contributed by atoms with E-state index in [0.29, 0.717) is 22.9 Å². The lowest BCUT2D eigenvalue weighted by molar-refractivity contribution is 0.462. The van der Waals surface area contributed by atoms with E-state index in [0.717, 1.165) is 18.7 Å². The van der Waals surface area contributed by atoms with Gasteiger partial charge >= 0.3 is 0 Å². The minimum atomic E-state index is -0.0714. The second-order valence-electron chi connectivity index (χ2n) is 5.15. The highest BCUT2D eigenvalue weighted by Gasteiger charge is 2.10. The predicted molar refractivity (Wildman–Crippen MR) is 79.0 cm³/mol. The van der Waals surface area contributed by atoms with Crippen LogP contribution in [0.2, 0.25) is 0 Å². The Balaban J connectivity index is 2.84. The average molecular weight is 316 g/mol. The SMILES string of the molecule is CCC(C)CNc1cnn(CC(C)C)c(=O)c1Br. The van der Waals surface area contributed by atoms with Crippen molar-refractivity contribution in [3.05, 3.63) is 21.0 Å². The molecule has 0 bridgehead atoms. The van der Waals surface area contributed by atoms with Gasteiger partial charge in [-0.3, -0.25) is 4.79 Å². The molecule has 0 saturated heterocycles. The lowest BCUT2D eigenvalue weighted by Crippen LogP contribution is -2.26. The monoisotopic (exact) mass is 315 g/mol. The Morgan fingerprint density at radius 2 is 2.11 bits per heavy atom. The Kier molecular flexibility index (Phi) is 5.85. The third kappa shape index (κ3) is 4.12. The number of halogens is 1. The summed E-state index contributed by atoms with van der Waals surface area (Å²) in [5.41, 5.74) is 0.707. The van der Waals surface area contributed by atoms with Crippen molar-refractivity contribution in [1.29, 1.82) is 0 Å². The zero-order chi connectivity index (χ0) is 13.7. The van der Waals surface area contributed by atoms with Crippen LogP contribution in [0.1, 0.15) is 34.1 Å². The highest BCUT2D eigenvalue weighted by Crippen LogP contribution is 2.17. The Morgan fingerprint density at radius 3 is 2.67 bits per heavy atom. The molecule has 4 nitrogen and oxygen atoms in total. The molecule has 5 heteroatoms. The van der Waals surface area contributed by atoms with E-state index in [1.165, 1.54) is 4.68 Å². The fourth-order valence-electron chi connectivity index (χ4n) is 1.49. The van der Waals surface area contributed by atoms with Crippen LogP contribution < -0.4 is 10.9 Å². The normalized spacial score (nSPS) is 12.8. The predicted octanol–water partition coefficient (Wildman–Crippen LogP) is 3.12. The second kappa shape index (κ2) is 6.92. The molecule has 0 spiro atoms. The lowest BCUT2D eigenvalue weighted by atomic mass is 10.1. The summed E-state index contributed by atoms with van der Waals surface area (Å²) in [5.74, 6) is 0.982. The Hall–Kier alpha value is -0.840. The molecule has 1 unspecified atom stereocenters. The Labute approximate surface area is 117 Å². The van der Waals surface area contributed by atoms with E-state index in [4.69, 9.17) is 0 Å². The molecule has 0 aromatic carbocycles. The summed E-state index contributed by atoms with van der Waals surface area (Å²) in [4.78, 5) is 12.1. The van der Waals surface area contributed by atoms with Crippen LogP contribution >= 0.6 is 15.9 Å². The fraction of sp³-hybridized carbons (Fsp3) is 0.692. The van der Waals surface area contributed by atoms with Gasteiger partial charge in [-0.25, -0.2) is 4.68 Å². The van der Waals surface area contributed by atoms with Crippen molar-refractivity contribution in [3.63, 3.8) is 0 Å². The number of nitrogens with zero attached hydrogens (tertiary/aromatic N) is 2. The summed E-state index contributed by atoms with van der Waals surface area (Å²) >= 11 is 3.36. The van der Waals surface area contributed by atoms with Gasteiger partial charge in [0.1, 0.15) is 4.47 Å². The van der Waals surface area contributed by atoms with Gasteiger partial charge < -0.3 is 5.32 Å². The van der Waals surface area contributed by atoms with Gasteiger partial charge in [0.15, 0.2) is 0 Å². The quantitative estimate of drug-likeness (QED) is 0.877. The maximum absolute atomic E-state index is 12.1. The smallest absolute Gasteiger partial charge is 0.283 e. The standard InChI is InChI=1S/C13H22BrN3O/c1-5-10(4)6-15-11-7-16-17(8-9(2)3)13(18)12(11)14/h7,9-10,15H,5-6,8H2,1-4H3. The molecular weight excluding hydrogens is 294 g/mol. The molecule has 1 atom stereocenters. The molecule has 1 rings (SSSR count). The topological polar surface area (TPSA) is 46.9 Å². The zero-order valence-electron chi connectivity index (χ0n) is 11.5. The molecule has 1 aromatic rings. The van der Waals surface area contributed by atoms with Crippen LogP contribution in [0.3, 0.4) is 0 Å². The first-order chi connectivity index (χ1) is 8.45. The van der Waals surface area contributed by atoms with Crippen molar-refractivity contribution < 1.29 is 0 Å². The molecule has 18 heavy (non-hydrogen) atoms. The van der Waals surface area contributed by atoms with Gasteiger partial charge in [0, 0.05) is 13.1 Å². The van der Waals surface area contributed by atoms with E-state index in [9.17, 15) is 4.79 Å². The third-order valence-electron chi connectivity index (χ3n) is 2.86. The molecule has 0 aliphatic rings. The molecule has 0 aliphatic carbocycles. The highest BCUT2D eigenvalue weighted by atomic mass is 79.9. The molecule has 1 aromatic heterocycles. The van der Waals surface area contributed by atoms with E-state index in [-0.39, 0.29) is 5.56 Å². The van der Waals surface area contributed by atoms with E-state index in [1.54, 1.807) is 6.20 Å². The molecule has 0 amide bonds. The maximum Gasteiger partial charge on any atom is 0.283 e. The van der Waals surface area contributed by atoms with Gasteiger partial charge in [-0.1, -0.05) is 34.1 Å². The summed E-state index contributed by atoms with van der Waals surface area (Å²) in [6.45, 7) is 9.95. The van der Waals surface area contributed by atoms with Gasteiger partial charge in [0.25, 0.3) is 5.56 Å². The molecule has 0 fully saturated rings. The van der Waals surface area contributed by atoms with Crippen molar-refractivity contribution in [2.45, 2.75) is 40.7 Å². The Morgan fingerprint density at radius 1 is 1.44 bits per heavy atom. The number of anilines is 1. The molecule has 0 saturated carbocycles. The van der Waals surface area contributed by atoms with Crippen molar-refractivity contribution in [2.75, 3.05) is 11.9 Å². The minimum Gasteiger partial charge on any atom is -0.382 e. The summed E-state index contributed by atoms with van der Waals surface area (Å²) < 4.78 is 2.07. The van der Waals surface area contributed by atoms with Gasteiger partial charge in [0.2, 0.25) is 0 Å². The molecule has 0 aliphatic heterocycles. The summed E-state index contributed by atoms with van der Waals surface area (Å²) in [6.07, 6.45) is 2.83. The number of rotatable bonds is 6. The zero-order valence-corrected chi connectivity index (χ0v) is 13.1. The fourth-order valence-corrected chi connectivity index (χ4v) is 1.94. The Bertz CT molecular complexity index is 442. The van der Waals surface area contributed by atoms with E-state index < -0.39 is 0 Å². The van der Waals surface area contributed by atoms with Gasteiger partial charge in [-0.05, 0) is 27.8 Å². The molecule has 1 N–H and O–H groups in total. The molecule has 102 valence electrons. The molecular formula is C13H22BrN3O. The van der Waals surface area contributed by atoms with Crippen molar-refractivity contribution in [3.8, 4) is 0 Å². The summed E-state index contributed by atoms with van der Waals surface area (Å²) in [5, 5.41) is 7.46. The highest BCUT2D eigenvalue weighted by molar-refractivity contribution is 9.10. The maximum atomic E-state index is 12.1. The van der Waals surface area contributed by atoms with Gasteiger partial charge in [-0.15, -0.1) is 0 Å². The van der Waals surface area contributed by atoms with Gasteiger partial charge in [0.05, 0.1) is 11.9 Å². The van der Waals surface area contributed by atoms with Crippen molar-refractivity contribution in [1.82, 2.24) is 9.78 Å². The number of aromatic nitrogens is 2. The van der Waals surface area contributed by atoms with E-state index in [2.05, 4.69) is 54.0 Å². The minimum absolute atomic E-state index is 0.0714. The van der Waals surface area contributed by atoms with Crippen molar-refractivity contribution in [2.24, 2.45) is 11.8 Å². The second-order valence-corrected chi connectivity index (χ2v) is 5.94. The third-order valence-corrected chi connectivity index (χ3v) is 3.63. The lowest BCUT2D eigenvalue weighted by Gasteiger charge is -2.14. The molecule has 0 radical (unpaired) electrons. The van der Waals surface area contributed by atoms with Crippen LogP contribution in [0.15, 0.2) is 15.5 Å². The van der Waals surface area contributed by atoms with E-state index >= 15 is 0 Å². The van der Waals surface area contributed by atoms with Crippen LogP contribution in [0.5, 0.6) is 0 Å². The number of hydrogen-bond donors (Lipinski definition) is 1. The van der Waals surface area contributed by atoms with Crippen LogP contribution in [-0.4, -0.2) is 16.3 Å². The first-order valence-electron chi connectivity index (χ1n) is 6.45.